The van der Waals surface area contributed by atoms with E-state index in [9.17, 15) is 0 Å². The summed E-state index contributed by atoms with van der Waals surface area (Å²) >= 11 is 0. The van der Waals surface area contributed by atoms with Crippen LogP contribution in [0.5, 0.6) is 0 Å². The summed E-state index contributed by atoms with van der Waals surface area (Å²) in [6, 6.07) is 51.5. The van der Waals surface area contributed by atoms with E-state index in [0.29, 0.717) is 22.9 Å². The SMILES string of the molecule is C=C/C=C\c1c(C)oc(C(=N)c2ccccc2)c1N.Cn1c2ccccc2c2c3ccc4c(ccc5c4c4ccccc4n5-c4ccccc4)c3ccc21. The molecule has 0 atom stereocenters. The molecule has 0 bridgehead atoms. The Balaban J connectivity index is 0.000000172. The predicted molar refractivity (Wildman–Crippen MR) is 229 cm³/mol. The van der Waals surface area contributed by atoms with E-state index in [0.717, 1.165) is 11.1 Å². The minimum absolute atomic E-state index is 0.291. The minimum Gasteiger partial charge on any atom is -0.457 e. The van der Waals surface area contributed by atoms with Crippen molar-refractivity contribution in [2.24, 2.45) is 7.05 Å². The van der Waals surface area contributed by atoms with Crippen LogP contribution >= 0.6 is 0 Å². The smallest absolute Gasteiger partial charge is 0.176 e. The number of nitrogens with two attached hydrogens (primary N) is 1. The summed E-state index contributed by atoms with van der Waals surface area (Å²) in [6.07, 6.45) is 5.31. The number of aryl methyl sites for hydroxylation is 2. The molecule has 0 spiro atoms. The number of anilines is 1. The van der Waals surface area contributed by atoms with Crippen LogP contribution in [0.2, 0.25) is 0 Å². The normalized spacial score (nSPS) is 11.7. The fourth-order valence-electron chi connectivity index (χ4n) is 8.07. The molecule has 5 heteroatoms. The number of fused-ring (bicyclic) bond motifs is 11. The number of aromatic nitrogens is 2. The zero-order valence-corrected chi connectivity index (χ0v) is 30.2. The van der Waals surface area contributed by atoms with Gasteiger partial charge < -0.3 is 19.3 Å². The molecule has 0 aliphatic carbocycles. The molecule has 0 radical (unpaired) electrons. The van der Waals surface area contributed by atoms with Crippen molar-refractivity contribution in [3.8, 4) is 5.69 Å². The molecular formula is C49H38N4O. The lowest BCUT2D eigenvalue weighted by atomic mass is 9.96. The van der Waals surface area contributed by atoms with Gasteiger partial charge in [-0.2, -0.15) is 0 Å². The lowest BCUT2D eigenvalue weighted by Crippen LogP contribution is -2.03. The van der Waals surface area contributed by atoms with Crippen molar-refractivity contribution < 1.29 is 4.42 Å². The molecule has 0 amide bonds. The van der Waals surface area contributed by atoms with Gasteiger partial charge in [0.15, 0.2) is 5.76 Å². The molecule has 260 valence electrons. The largest absolute Gasteiger partial charge is 0.457 e. The van der Waals surface area contributed by atoms with Gasteiger partial charge in [0.1, 0.15) is 11.5 Å². The molecule has 7 aromatic carbocycles. The van der Waals surface area contributed by atoms with Gasteiger partial charge in [-0.1, -0.05) is 128 Å². The number of benzene rings is 7. The standard InChI is InChI=1S/C33H22N2.C16H16N2O/c1-34-28-13-7-5-11-26(28)32-24-15-16-25-23(22(24)17-19-30(32)34)18-20-31-33(25)27-12-6-8-14-29(27)35(31)21-9-3-2-4-10-21;1-3-4-10-13-11(2)19-16(15(13)18)14(17)12-8-6-5-7-9-12/h2-20H,1H3;3-10,17H,1,18H2,2H3/b;10-4-,17-14?. The first-order chi connectivity index (χ1) is 26.5. The molecule has 0 fully saturated rings. The van der Waals surface area contributed by atoms with Gasteiger partial charge in [0, 0.05) is 56.4 Å². The molecule has 10 rings (SSSR count). The van der Waals surface area contributed by atoms with Crippen LogP contribution in [0.25, 0.3) is 76.9 Å². The Morgan fingerprint density at radius 3 is 1.81 bits per heavy atom. The first kappa shape index (κ1) is 32.8. The van der Waals surface area contributed by atoms with E-state index >= 15 is 0 Å². The Morgan fingerprint density at radius 1 is 0.611 bits per heavy atom. The summed E-state index contributed by atoms with van der Waals surface area (Å²) in [5.74, 6) is 1.11. The maximum atomic E-state index is 8.18. The Kier molecular flexibility index (Phi) is 7.98. The van der Waals surface area contributed by atoms with Crippen molar-refractivity contribution in [3.05, 3.63) is 187 Å². The lowest BCUT2D eigenvalue weighted by molar-refractivity contribution is 0.525. The Bertz CT molecular complexity index is 3100. The van der Waals surface area contributed by atoms with E-state index in [1.54, 1.807) is 12.2 Å². The maximum absolute atomic E-state index is 8.18. The second kappa shape index (κ2) is 13.1. The summed E-state index contributed by atoms with van der Waals surface area (Å²) in [5.41, 5.74) is 14.7. The second-order valence-electron chi connectivity index (χ2n) is 13.6. The molecule has 54 heavy (non-hydrogen) atoms. The highest BCUT2D eigenvalue weighted by atomic mass is 16.3. The van der Waals surface area contributed by atoms with Crippen molar-refractivity contribution in [2.75, 3.05) is 5.73 Å². The fourth-order valence-corrected chi connectivity index (χ4v) is 8.07. The van der Waals surface area contributed by atoms with Crippen molar-refractivity contribution in [3.63, 3.8) is 0 Å². The third kappa shape index (κ3) is 5.13. The highest BCUT2D eigenvalue weighted by Crippen LogP contribution is 2.41. The maximum Gasteiger partial charge on any atom is 0.176 e. The number of hydrogen-bond donors (Lipinski definition) is 2. The Labute approximate surface area is 313 Å². The second-order valence-corrected chi connectivity index (χ2v) is 13.6. The number of nitrogen functional groups attached to an aromatic ring is 1. The molecule has 3 heterocycles. The summed E-state index contributed by atoms with van der Waals surface area (Å²) in [4.78, 5) is 0. The summed E-state index contributed by atoms with van der Waals surface area (Å²) < 4.78 is 10.3. The molecule has 0 saturated carbocycles. The van der Waals surface area contributed by atoms with Gasteiger partial charge in [0.25, 0.3) is 0 Å². The highest BCUT2D eigenvalue weighted by molar-refractivity contribution is 6.30. The fraction of sp³-hybridized carbons (Fsp3) is 0.0408. The molecule has 0 aliphatic heterocycles. The average Bonchev–Trinajstić information content (AvgIpc) is 3.83. The first-order valence-electron chi connectivity index (χ1n) is 18.1. The number of nitrogens with zero attached hydrogens (tertiary/aromatic N) is 2. The van der Waals surface area contributed by atoms with E-state index in [2.05, 4.69) is 138 Å². The number of rotatable bonds is 5. The van der Waals surface area contributed by atoms with Gasteiger partial charge >= 0.3 is 0 Å². The molecule has 0 unspecified atom stereocenters. The predicted octanol–water partition coefficient (Wildman–Crippen LogP) is 12.5. The van der Waals surface area contributed by atoms with E-state index in [1.165, 1.54) is 70.8 Å². The van der Waals surface area contributed by atoms with Gasteiger partial charge in [0.2, 0.25) is 0 Å². The number of hydrogen-bond acceptors (Lipinski definition) is 3. The van der Waals surface area contributed by atoms with Gasteiger partial charge in [-0.05, 0) is 70.9 Å². The lowest BCUT2D eigenvalue weighted by Gasteiger charge is -2.10. The molecule has 10 aromatic rings. The molecular weight excluding hydrogens is 661 g/mol. The summed E-state index contributed by atoms with van der Waals surface area (Å²) in [5, 5.41) is 18.7. The number of para-hydroxylation sites is 3. The summed E-state index contributed by atoms with van der Waals surface area (Å²) in [6.45, 7) is 5.46. The third-order valence-corrected chi connectivity index (χ3v) is 10.6. The molecule has 0 aliphatic rings. The van der Waals surface area contributed by atoms with E-state index in [4.69, 9.17) is 15.6 Å². The molecule has 5 nitrogen and oxygen atoms in total. The average molecular weight is 699 g/mol. The number of furan rings is 1. The van der Waals surface area contributed by atoms with Gasteiger partial charge in [-0.3, -0.25) is 5.41 Å². The topological polar surface area (TPSA) is 72.9 Å². The van der Waals surface area contributed by atoms with E-state index in [-0.39, 0.29) is 0 Å². The van der Waals surface area contributed by atoms with Crippen LogP contribution in [-0.2, 0) is 7.05 Å². The summed E-state index contributed by atoms with van der Waals surface area (Å²) in [7, 11) is 2.17. The van der Waals surface area contributed by atoms with Crippen LogP contribution in [0.15, 0.2) is 169 Å². The highest BCUT2D eigenvalue weighted by Gasteiger charge is 2.19. The molecule has 3 N–H and O–H groups in total. The van der Waals surface area contributed by atoms with Crippen molar-refractivity contribution >= 4 is 82.6 Å². The van der Waals surface area contributed by atoms with Gasteiger partial charge in [-0.25, -0.2) is 0 Å². The number of nitrogens with one attached hydrogen (secondary N) is 1. The Hall–Kier alpha value is -7.11. The zero-order chi connectivity index (χ0) is 36.9. The van der Waals surface area contributed by atoms with Crippen LogP contribution in [0.1, 0.15) is 22.6 Å². The molecule has 0 saturated heterocycles. The van der Waals surface area contributed by atoms with Crippen molar-refractivity contribution in [1.29, 1.82) is 5.41 Å². The van der Waals surface area contributed by atoms with Crippen molar-refractivity contribution in [1.82, 2.24) is 9.13 Å². The number of allylic oxidation sites excluding steroid dienone is 2. The van der Waals surface area contributed by atoms with Crippen LogP contribution in [0.3, 0.4) is 0 Å². The molecule has 3 aromatic heterocycles. The van der Waals surface area contributed by atoms with Crippen LogP contribution in [0.4, 0.5) is 5.69 Å². The van der Waals surface area contributed by atoms with Crippen LogP contribution in [-0.4, -0.2) is 14.8 Å². The first-order valence-corrected chi connectivity index (χ1v) is 18.1. The minimum atomic E-state index is 0.291. The van der Waals surface area contributed by atoms with E-state index < -0.39 is 0 Å². The van der Waals surface area contributed by atoms with Crippen LogP contribution < -0.4 is 5.73 Å². The monoisotopic (exact) mass is 698 g/mol. The van der Waals surface area contributed by atoms with Gasteiger partial charge in [0.05, 0.1) is 16.7 Å². The zero-order valence-electron chi connectivity index (χ0n) is 30.2. The third-order valence-electron chi connectivity index (χ3n) is 10.6. The Morgan fingerprint density at radius 2 is 1.15 bits per heavy atom. The van der Waals surface area contributed by atoms with Crippen molar-refractivity contribution in [2.45, 2.75) is 6.92 Å². The van der Waals surface area contributed by atoms with Crippen LogP contribution in [0, 0.1) is 12.3 Å². The van der Waals surface area contributed by atoms with Gasteiger partial charge in [-0.15, -0.1) is 0 Å². The quantitative estimate of drug-likeness (QED) is 0.107. The van der Waals surface area contributed by atoms with E-state index in [1.807, 2.05) is 43.3 Å².